The summed E-state index contributed by atoms with van der Waals surface area (Å²) in [5.41, 5.74) is 1.63. The Morgan fingerprint density at radius 3 is 2.42 bits per heavy atom. The molecule has 36 heavy (non-hydrogen) atoms. The van der Waals surface area contributed by atoms with Crippen molar-refractivity contribution in [3.63, 3.8) is 0 Å². The van der Waals surface area contributed by atoms with E-state index in [0.29, 0.717) is 12.1 Å². The van der Waals surface area contributed by atoms with Gasteiger partial charge in [-0.1, -0.05) is 27.2 Å². The Hall–Kier alpha value is -2.49. The number of nitrogens with one attached hydrogen (secondary N) is 2. The average molecular weight is 500 g/mol. The fourth-order valence-corrected chi connectivity index (χ4v) is 5.59. The van der Waals surface area contributed by atoms with Crippen LogP contribution >= 0.6 is 0 Å². The smallest absolute Gasteiger partial charge is 0.251 e. The van der Waals surface area contributed by atoms with Gasteiger partial charge in [-0.05, 0) is 50.2 Å². The highest BCUT2D eigenvalue weighted by Gasteiger charge is 2.53. The molecule has 5 atom stereocenters. The molecule has 9 heteroatoms. The molecule has 3 heterocycles. The molecule has 0 aliphatic carbocycles. The SMILES string of the molecule is CCCN1CCN(c2ccc(C(=O)N[C@H](C(=O)N3C[C@H](NC)[C@H]4OCC(=O)[C@H]43)[C@@H](C)CC)cc2)CC1. The summed E-state index contributed by atoms with van der Waals surface area (Å²) in [6, 6.07) is 6.24. The summed E-state index contributed by atoms with van der Waals surface area (Å²) in [4.78, 5) is 45.8. The second-order valence-electron chi connectivity index (χ2n) is 10.3. The van der Waals surface area contributed by atoms with Crippen molar-refractivity contribution in [1.82, 2.24) is 20.4 Å². The van der Waals surface area contributed by atoms with Crippen molar-refractivity contribution in [2.45, 2.75) is 57.8 Å². The predicted octanol–water partition coefficient (Wildman–Crippen LogP) is 1.13. The number of amides is 2. The van der Waals surface area contributed by atoms with E-state index in [2.05, 4.69) is 27.4 Å². The first-order valence-electron chi connectivity index (χ1n) is 13.4. The van der Waals surface area contributed by atoms with Crippen LogP contribution < -0.4 is 15.5 Å². The number of hydrogen-bond acceptors (Lipinski definition) is 7. The number of likely N-dealkylation sites (tertiary alicyclic amines) is 1. The van der Waals surface area contributed by atoms with Crippen molar-refractivity contribution in [2.75, 3.05) is 57.8 Å². The summed E-state index contributed by atoms with van der Waals surface area (Å²) in [6.45, 7) is 11.8. The average Bonchev–Trinajstić information content (AvgIpc) is 3.47. The van der Waals surface area contributed by atoms with Crippen molar-refractivity contribution in [3.8, 4) is 0 Å². The first-order chi connectivity index (χ1) is 17.4. The number of Topliss-reactive ketones (excluding diaryl/α,β-unsaturated/α-hetero) is 1. The molecule has 198 valence electrons. The maximum absolute atomic E-state index is 13.7. The molecule has 1 aromatic rings. The fourth-order valence-electron chi connectivity index (χ4n) is 5.59. The van der Waals surface area contributed by atoms with E-state index in [9.17, 15) is 14.4 Å². The molecule has 2 N–H and O–H groups in total. The van der Waals surface area contributed by atoms with E-state index in [1.165, 1.54) is 6.42 Å². The molecule has 9 nitrogen and oxygen atoms in total. The molecule has 3 aliphatic rings. The van der Waals surface area contributed by atoms with Gasteiger partial charge >= 0.3 is 0 Å². The van der Waals surface area contributed by atoms with E-state index >= 15 is 0 Å². The Bertz CT molecular complexity index is 931. The van der Waals surface area contributed by atoms with Crippen LogP contribution in [0, 0.1) is 5.92 Å². The first-order valence-corrected chi connectivity index (χ1v) is 13.4. The van der Waals surface area contributed by atoms with Gasteiger partial charge in [0.25, 0.3) is 5.91 Å². The number of carbonyl (C=O) groups excluding carboxylic acids is 3. The van der Waals surface area contributed by atoms with Crippen LogP contribution in [0.5, 0.6) is 0 Å². The Morgan fingerprint density at radius 1 is 1.11 bits per heavy atom. The molecule has 0 aromatic heterocycles. The zero-order valence-corrected chi connectivity index (χ0v) is 22.0. The zero-order valence-electron chi connectivity index (χ0n) is 22.0. The number of rotatable bonds is 9. The highest BCUT2D eigenvalue weighted by atomic mass is 16.5. The van der Waals surface area contributed by atoms with Gasteiger partial charge in [0, 0.05) is 44.0 Å². The molecule has 3 fully saturated rings. The molecule has 2 amide bonds. The summed E-state index contributed by atoms with van der Waals surface area (Å²) < 4.78 is 5.67. The topological polar surface area (TPSA) is 94.2 Å². The maximum atomic E-state index is 13.7. The van der Waals surface area contributed by atoms with E-state index in [1.807, 2.05) is 45.2 Å². The maximum Gasteiger partial charge on any atom is 0.251 e. The molecule has 0 saturated carbocycles. The van der Waals surface area contributed by atoms with E-state index < -0.39 is 12.1 Å². The van der Waals surface area contributed by atoms with E-state index in [1.54, 1.807) is 4.90 Å². The Morgan fingerprint density at radius 2 is 1.81 bits per heavy atom. The molecule has 1 aromatic carbocycles. The summed E-state index contributed by atoms with van der Waals surface area (Å²) >= 11 is 0. The number of nitrogens with zero attached hydrogens (tertiary/aromatic N) is 3. The normalized spacial score (nSPS) is 26.1. The minimum Gasteiger partial charge on any atom is -0.369 e. The van der Waals surface area contributed by atoms with Crippen molar-refractivity contribution in [3.05, 3.63) is 29.8 Å². The lowest BCUT2D eigenvalue weighted by molar-refractivity contribution is -0.139. The second kappa shape index (κ2) is 11.7. The third-order valence-electron chi connectivity index (χ3n) is 8.01. The number of benzene rings is 1. The predicted molar refractivity (Wildman–Crippen MR) is 139 cm³/mol. The van der Waals surface area contributed by atoms with Crippen LogP contribution in [0.15, 0.2) is 24.3 Å². The van der Waals surface area contributed by atoms with Crippen LogP contribution in [0.2, 0.25) is 0 Å². The summed E-state index contributed by atoms with van der Waals surface area (Å²) in [6.07, 6.45) is 1.56. The van der Waals surface area contributed by atoms with Crippen molar-refractivity contribution >= 4 is 23.3 Å². The van der Waals surface area contributed by atoms with Crippen molar-refractivity contribution in [2.24, 2.45) is 5.92 Å². The molecule has 0 radical (unpaired) electrons. The number of carbonyl (C=O) groups is 3. The number of ether oxygens (including phenoxy) is 1. The van der Waals surface area contributed by atoms with Gasteiger partial charge in [0.1, 0.15) is 24.8 Å². The van der Waals surface area contributed by atoms with Crippen LogP contribution in [0.3, 0.4) is 0 Å². The van der Waals surface area contributed by atoms with Gasteiger partial charge < -0.3 is 25.2 Å². The highest BCUT2D eigenvalue weighted by molar-refractivity contribution is 5.99. The Labute approximate surface area is 214 Å². The fraction of sp³-hybridized carbons (Fsp3) is 0.667. The Balaban J connectivity index is 1.42. The largest absolute Gasteiger partial charge is 0.369 e. The number of likely N-dealkylation sites (N-methyl/N-ethyl adjacent to an activating group) is 1. The van der Waals surface area contributed by atoms with Gasteiger partial charge in [0.2, 0.25) is 5.91 Å². The van der Waals surface area contributed by atoms with Gasteiger partial charge in [-0.15, -0.1) is 0 Å². The zero-order chi connectivity index (χ0) is 25.8. The standard InChI is InChI=1S/C27H41N5O4/c1-5-11-30-12-14-31(15-13-30)20-9-7-19(8-10-20)26(34)29-23(18(3)6-2)27(35)32-16-21(28-4)25-24(32)22(33)17-36-25/h7-10,18,21,23-25,28H,5-6,11-17H2,1-4H3,(H,29,34)/t18-,21-,23-,24+,25+/m0/s1. The number of hydrogen-bond donors (Lipinski definition) is 2. The lowest BCUT2D eigenvalue weighted by Crippen LogP contribution is -2.54. The minimum absolute atomic E-state index is 0.0254. The summed E-state index contributed by atoms with van der Waals surface area (Å²) in [5.74, 6) is -0.648. The third kappa shape index (κ3) is 5.43. The second-order valence-corrected chi connectivity index (χ2v) is 10.3. The van der Waals surface area contributed by atoms with Crippen LogP contribution in [-0.4, -0.2) is 105 Å². The highest BCUT2D eigenvalue weighted by Crippen LogP contribution is 2.29. The van der Waals surface area contributed by atoms with Gasteiger partial charge in [-0.3, -0.25) is 19.3 Å². The molecule has 3 saturated heterocycles. The lowest BCUT2D eigenvalue weighted by atomic mass is 9.96. The summed E-state index contributed by atoms with van der Waals surface area (Å²) in [5, 5.41) is 6.15. The molecule has 0 spiro atoms. The molecule has 0 unspecified atom stereocenters. The van der Waals surface area contributed by atoms with Crippen LogP contribution in [0.4, 0.5) is 5.69 Å². The number of ketones is 1. The molecular weight excluding hydrogens is 458 g/mol. The number of anilines is 1. The monoisotopic (exact) mass is 499 g/mol. The van der Waals surface area contributed by atoms with Crippen molar-refractivity contribution < 1.29 is 19.1 Å². The number of fused-ring (bicyclic) bond motifs is 1. The van der Waals surface area contributed by atoms with E-state index in [0.717, 1.165) is 44.8 Å². The molecular formula is C27H41N5O4. The molecule has 3 aliphatic heterocycles. The van der Waals surface area contributed by atoms with Gasteiger partial charge in [0.05, 0.1) is 6.04 Å². The van der Waals surface area contributed by atoms with E-state index in [4.69, 9.17) is 4.74 Å². The van der Waals surface area contributed by atoms with Crippen LogP contribution in [0.1, 0.15) is 44.0 Å². The molecule has 0 bridgehead atoms. The lowest BCUT2D eigenvalue weighted by Gasteiger charge is -2.36. The van der Waals surface area contributed by atoms with Crippen LogP contribution in [0.25, 0.3) is 0 Å². The van der Waals surface area contributed by atoms with Crippen molar-refractivity contribution in [1.29, 1.82) is 0 Å². The van der Waals surface area contributed by atoms with Gasteiger partial charge in [-0.25, -0.2) is 0 Å². The Kier molecular flexibility index (Phi) is 8.64. The van der Waals surface area contributed by atoms with Gasteiger partial charge in [0.15, 0.2) is 5.78 Å². The number of piperazine rings is 1. The van der Waals surface area contributed by atoms with E-state index in [-0.39, 0.29) is 42.3 Å². The molecule has 4 rings (SSSR count). The first kappa shape index (κ1) is 26.6. The minimum atomic E-state index is -0.710. The third-order valence-corrected chi connectivity index (χ3v) is 8.01. The van der Waals surface area contributed by atoms with Gasteiger partial charge in [-0.2, -0.15) is 0 Å². The summed E-state index contributed by atoms with van der Waals surface area (Å²) in [7, 11) is 1.81. The van der Waals surface area contributed by atoms with Crippen LogP contribution in [-0.2, 0) is 14.3 Å². The quantitative estimate of drug-likeness (QED) is 0.526.